The molecule has 1 aliphatic rings. The molecule has 1 aliphatic heterocycles. The summed E-state index contributed by atoms with van der Waals surface area (Å²) in [4.78, 5) is 12.8. The number of aromatic nitrogens is 4. The molecule has 0 unspecified atom stereocenters. The van der Waals surface area contributed by atoms with Gasteiger partial charge >= 0.3 is 0 Å². The van der Waals surface area contributed by atoms with Crippen LogP contribution >= 0.6 is 0 Å². The van der Waals surface area contributed by atoms with Gasteiger partial charge in [-0.25, -0.2) is 36.2 Å². The highest BCUT2D eigenvalue weighted by atomic mass is 32.2. The van der Waals surface area contributed by atoms with E-state index >= 15 is 0 Å². The van der Waals surface area contributed by atoms with Gasteiger partial charge in [0.25, 0.3) is 10.0 Å². The van der Waals surface area contributed by atoms with Crippen LogP contribution in [0.25, 0.3) is 0 Å². The van der Waals surface area contributed by atoms with E-state index in [4.69, 9.17) is 0 Å². The van der Waals surface area contributed by atoms with Crippen LogP contribution in [0.3, 0.4) is 0 Å². The smallest absolute Gasteiger partial charge is 0.259 e. The highest BCUT2D eigenvalue weighted by Crippen LogP contribution is 2.21. The minimum atomic E-state index is -3.72. The fourth-order valence-electron chi connectivity index (χ4n) is 3.18. The van der Waals surface area contributed by atoms with Crippen molar-refractivity contribution in [2.45, 2.75) is 22.8 Å². The molecule has 176 valence electrons. The quantitative estimate of drug-likeness (QED) is 0.399. The van der Waals surface area contributed by atoms with E-state index in [1.54, 1.807) is 29.9 Å². The zero-order valence-electron chi connectivity index (χ0n) is 17.8. The van der Waals surface area contributed by atoms with Crippen LogP contribution in [0, 0.1) is 0 Å². The molecule has 12 nitrogen and oxygen atoms in total. The second kappa shape index (κ2) is 9.43. The Kier molecular flexibility index (Phi) is 6.60. The lowest BCUT2D eigenvalue weighted by Gasteiger charge is -2.13. The molecule has 1 aromatic carbocycles. The molecule has 3 heterocycles. The molecule has 0 amide bonds. The van der Waals surface area contributed by atoms with Gasteiger partial charge in [0.2, 0.25) is 16.0 Å². The average Bonchev–Trinajstić information content (AvgIpc) is 3.22. The number of nitrogens with one attached hydrogen (secondary N) is 4. The highest BCUT2D eigenvalue weighted by Gasteiger charge is 2.18. The number of hydrogen-bond donors (Lipinski definition) is 4. The van der Waals surface area contributed by atoms with E-state index in [9.17, 15) is 16.8 Å². The summed E-state index contributed by atoms with van der Waals surface area (Å²) in [7, 11) is -5.65. The minimum Gasteiger partial charge on any atom is -0.370 e. The molecule has 0 spiro atoms. The summed E-state index contributed by atoms with van der Waals surface area (Å²) >= 11 is 0. The lowest BCUT2D eigenvalue weighted by Crippen LogP contribution is -2.27. The Morgan fingerprint density at radius 1 is 1.21 bits per heavy atom. The van der Waals surface area contributed by atoms with Crippen LogP contribution in [0.4, 0.5) is 17.5 Å². The predicted octanol–water partition coefficient (Wildman–Crippen LogP) is 0.569. The third kappa shape index (κ3) is 5.65. The van der Waals surface area contributed by atoms with Crippen LogP contribution in [0.5, 0.6) is 0 Å². The molecule has 2 aromatic heterocycles. The Balaban J connectivity index is 1.52. The summed E-state index contributed by atoms with van der Waals surface area (Å²) in [5.74, 6) is 0.833. The van der Waals surface area contributed by atoms with Gasteiger partial charge in [0, 0.05) is 50.3 Å². The van der Waals surface area contributed by atoms with Gasteiger partial charge in [-0.15, -0.1) is 0 Å². The Hall–Kier alpha value is -3.07. The number of anilines is 3. The molecule has 4 N–H and O–H groups in total. The first kappa shape index (κ1) is 23.1. The second-order valence-electron chi connectivity index (χ2n) is 7.42. The molecule has 0 atom stereocenters. The Labute approximate surface area is 192 Å². The molecular formula is C19H24N8O4S2. The average molecular weight is 493 g/mol. The zero-order valence-corrected chi connectivity index (χ0v) is 19.4. The predicted molar refractivity (Wildman–Crippen MR) is 122 cm³/mol. The number of nitrogens with zero attached hydrogens (tertiary/aromatic N) is 4. The summed E-state index contributed by atoms with van der Waals surface area (Å²) in [5.41, 5.74) is 1.24. The molecule has 4 bridgehead atoms. The minimum absolute atomic E-state index is 0.0469. The molecule has 0 radical (unpaired) electrons. The van der Waals surface area contributed by atoms with E-state index in [1.807, 2.05) is 0 Å². The van der Waals surface area contributed by atoms with Gasteiger partial charge in [-0.1, -0.05) is 6.07 Å². The molecular weight excluding hydrogens is 468 g/mol. The molecule has 14 heteroatoms. The van der Waals surface area contributed by atoms with Crippen molar-refractivity contribution in [2.24, 2.45) is 7.05 Å². The van der Waals surface area contributed by atoms with Crippen LogP contribution in [-0.2, 0) is 33.5 Å². The second-order valence-corrected chi connectivity index (χ2v) is 10.9. The first-order valence-corrected chi connectivity index (χ1v) is 13.1. The summed E-state index contributed by atoms with van der Waals surface area (Å²) in [6, 6.07) is 6.39. The zero-order chi connectivity index (χ0) is 23.5. The van der Waals surface area contributed by atoms with Gasteiger partial charge in [-0.3, -0.25) is 0 Å². The van der Waals surface area contributed by atoms with Crippen LogP contribution in [0.1, 0.15) is 12.0 Å². The summed E-state index contributed by atoms with van der Waals surface area (Å²) < 4.78 is 56.3. The number of hydrogen-bond acceptors (Lipinski definition) is 9. The molecule has 0 aliphatic carbocycles. The van der Waals surface area contributed by atoms with Gasteiger partial charge in [-0.05, 0) is 31.0 Å². The highest BCUT2D eigenvalue weighted by molar-refractivity contribution is 7.89. The number of rotatable bonds is 5. The third-order valence-corrected chi connectivity index (χ3v) is 7.65. The lowest BCUT2D eigenvalue weighted by atomic mass is 10.2. The Morgan fingerprint density at radius 3 is 2.85 bits per heavy atom. The van der Waals surface area contributed by atoms with Gasteiger partial charge in [0.05, 0.1) is 11.2 Å². The number of aryl methyl sites for hydroxylation is 1. The first-order valence-electron chi connectivity index (χ1n) is 10.2. The van der Waals surface area contributed by atoms with E-state index in [2.05, 4.69) is 35.0 Å². The van der Waals surface area contributed by atoms with Crippen molar-refractivity contribution in [3.8, 4) is 0 Å². The summed E-state index contributed by atoms with van der Waals surface area (Å²) in [5, 5.41) is 6.16. The fourth-order valence-corrected chi connectivity index (χ4v) is 5.31. The summed E-state index contributed by atoms with van der Waals surface area (Å²) in [6.07, 6.45) is 5.33. The molecule has 0 fully saturated rings. The molecule has 0 saturated heterocycles. The van der Waals surface area contributed by atoms with Crippen LogP contribution in [-0.4, -0.2) is 56.0 Å². The van der Waals surface area contributed by atoms with E-state index in [1.165, 1.54) is 24.7 Å². The van der Waals surface area contributed by atoms with Gasteiger partial charge < -0.3 is 15.2 Å². The van der Waals surface area contributed by atoms with Gasteiger partial charge in [0.15, 0.2) is 5.03 Å². The van der Waals surface area contributed by atoms with E-state index in [0.29, 0.717) is 36.5 Å². The number of imidazole rings is 1. The van der Waals surface area contributed by atoms with Crippen molar-refractivity contribution >= 4 is 37.5 Å². The molecule has 0 saturated carbocycles. The number of sulfonamides is 2. The normalized spacial score (nSPS) is 15.9. The number of benzene rings is 1. The van der Waals surface area contributed by atoms with Gasteiger partial charge in [-0.2, -0.15) is 4.98 Å². The first-order chi connectivity index (χ1) is 15.7. The van der Waals surface area contributed by atoms with Crippen molar-refractivity contribution in [3.05, 3.63) is 48.5 Å². The lowest BCUT2D eigenvalue weighted by molar-refractivity contribution is 0.577. The maximum absolute atomic E-state index is 12.5. The van der Waals surface area contributed by atoms with E-state index in [0.717, 1.165) is 0 Å². The largest absolute Gasteiger partial charge is 0.370 e. The van der Waals surface area contributed by atoms with E-state index in [-0.39, 0.29) is 29.0 Å². The monoisotopic (exact) mass is 492 g/mol. The fraction of sp³-hybridized carbons (Fsp3) is 0.316. The van der Waals surface area contributed by atoms with Crippen LogP contribution in [0.15, 0.2) is 52.9 Å². The molecule has 4 rings (SSSR count). The van der Waals surface area contributed by atoms with Crippen molar-refractivity contribution in [1.82, 2.24) is 29.0 Å². The maximum atomic E-state index is 12.5. The number of fused-ring (bicyclic) bond motifs is 4. The van der Waals surface area contributed by atoms with Crippen LogP contribution < -0.4 is 20.1 Å². The van der Waals surface area contributed by atoms with E-state index < -0.39 is 20.0 Å². The standard InChI is InChI=1S/C19H24N8O4S2/c1-27-12-17(22-13-27)33(30,31)24-9-6-14-11-21-19-25-15-4-2-5-16(10-15)32(28,29)23-8-3-7-20-18(14)26-19/h2,4-5,10-13,23-24H,3,6-9H2,1H3,(H2,20,21,25,26). The SMILES string of the molecule is Cn1cnc(S(=O)(=O)NCCc2cnc3nc2NCCCNS(=O)(=O)c2cccc(c2)N3)c1. The topological polar surface area (TPSA) is 160 Å². The van der Waals surface area contributed by atoms with Crippen molar-refractivity contribution in [3.63, 3.8) is 0 Å². The van der Waals surface area contributed by atoms with Gasteiger partial charge in [0.1, 0.15) is 5.82 Å². The van der Waals surface area contributed by atoms with Crippen molar-refractivity contribution in [2.75, 3.05) is 30.3 Å². The Morgan fingerprint density at radius 2 is 2.06 bits per heavy atom. The van der Waals surface area contributed by atoms with Crippen LogP contribution in [0.2, 0.25) is 0 Å². The summed E-state index contributed by atoms with van der Waals surface area (Å²) in [6.45, 7) is 0.846. The molecule has 33 heavy (non-hydrogen) atoms. The maximum Gasteiger partial charge on any atom is 0.259 e. The van der Waals surface area contributed by atoms with Crippen molar-refractivity contribution < 1.29 is 16.8 Å². The molecule has 3 aromatic rings. The Bertz CT molecular complexity index is 1360. The van der Waals surface area contributed by atoms with Crippen molar-refractivity contribution in [1.29, 1.82) is 0 Å². The third-order valence-electron chi connectivity index (χ3n) is 4.85.